The first-order chi connectivity index (χ1) is 6.92. The SMILES string of the molecule is CNCc1ncoc1C1CCCOC1. The molecular weight excluding hydrogens is 180 g/mol. The summed E-state index contributed by atoms with van der Waals surface area (Å²) in [6.07, 6.45) is 3.78. The number of nitrogens with zero attached hydrogens (tertiary/aromatic N) is 1. The topological polar surface area (TPSA) is 47.3 Å². The van der Waals surface area contributed by atoms with Gasteiger partial charge in [0.15, 0.2) is 6.39 Å². The number of ether oxygens (including phenoxy) is 1. The maximum absolute atomic E-state index is 5.43. The van der Waals surface area contributed by atoms with Crippen molar-refractivity contribution in [3.05, 3.63) is 17.8 Å². The molecule has 1 unspecified atom stereocenters. The molecule has 1 aromatic rings. The van der Waals surface area contributed by atoms with Crippen LogP contribution >= 0.6 is 0 Å². The molecule has 2 heterocycles. The van der Waals surface area contributed by atoms with E-state index in [2.05, 4.69) is 10.3 Å². The average Bonchev–Trinajstić information content (AvgIpc) is 2.68. The van der Waals surface area contributed by atoms with Gasteiger partial charge in [0.1, 0.15) is 5.76 Å². The first kappa shape index (κ1) is 9.68. The molecule has 1 aliphatic rings. The highest BCUT2D eigenvalue weighted by atomic mass is 16.5. The van der Waals surface area contributed by atoms with E-state index >= 15 is 0 Å². The van der Waals surface area contributed by atoms with E-state index in [9.17, 15) is 0 Å². The zero-order chi connectivity index (χ0) is 9.80. The Bertz CT molecular complexity index is 279. The van der Waals surface area contributed by atoms with Gasteiger partial charge in [-0.15, -0.1) is 0 Å². The molecule has 2 rings (SSSR count). The van der Waals surface area contributed by atoms with Crippen molar-refractivity contribution in [2.24, 2.45) is 0 Å². The zero-order valence-corrected chi connectivity index (χ0v) is 8.45. The Morgan fingerprint density at radius 3 is 3.29 bits per heavy atom. The maximum Gasteiger partial charge on any atom is 0.181 e. The minimum atomic E-state index is 0.398. The second kappa shape index (κ2) is 4.57. The number of aromatic nitrogens is 1. The van der Waals surface area contributed by atoms with E-state index < -0.39 is 0 Å². The van der Waals surface area contributed by atoms with Crippen LogP contribution < -0.4 is 5.32 Å². The van der Waals surface area contributed by atoms with Crippen molar-refractivity contribution in [3.8, 4) is 0 Å². The highest BCUT2D eigenvalue weighted by Crippen LogP contribution is 2.27. The van der Waals surface area contributed by atoms with Crippen LogP contribution in [-0.2, 0) is 11.3 Å². The van der Waals surface area contributed by atoms with Crippen LogP contribution in [0.5, 0.6) is 0 Å². The van der Waals surface area contributed by atoms with Gasteiger partial charge in [-0.3, -0.25) is 0 Å². The fourth-order valence-corrected chi connectivity index (χ4v) is 1.86. The van der Waals surface area contributed by atoms with E-state index in [0.29, 0.717) is 5.92 Å². The van der Waals surface area contributed by atoms with Crippen molar-refractivity contribution in [1.82, 2.24) is 10.3 Å². The van der Waals surface area contributed by atoms with Crippen LogP contribution in [-0.4, -0.2) is 25.2 Å². The van der Waals surface area contributed by atoms with Gasteiger partial charge >= 0.3 is 0 Å². The quantitative estimate of drug-likeness (QED) is 0.791. The Kier molecular flexibility index (Phi) is 3.16. The Morgan fingerprint density at radius 1 is 1.64 bits per heavy atom. The van der Waals surface area contributed by atoms with E-state index in [1.54, 1.807) is 0 Å². The lowest BCUT2D eigenvalue weighted by Crippen LogP contribution is -2.17. The molecule has 4 heteroatoms. The summed E-state index contributed by atoms with van der Waals surface area (Å²) in [7, 11) is 1.91. The Hall–Kier alpha value is -0.870. The standard InChI is InChI=1S/C10H16N2O2/c1-11-5-9-10(14-7-12-9)8-3-2-4-13-6-8/h7-8,11H,2-6H2,1H3. The molecule has 0 aliphatic carbocycles. The van der Waals surface area contributed by atoms with Gasteiger partial charge in [0.2, 0.25) is 0 Å². The molecule has 14 heavy (non-hydrogen) atoms. The van der Waals surface area contributed by atoms with E-state index in [4.69, 9.17) is 9.15 Å². The Labute approximate surface area is 83.7 Å². The molecule has 1 saturated heterocycles. The third-order valence-electron chi connectivity index (χ3n) is 2.55. The molecule has 0 bridgehead atoms. The maximum atomic E-state index is 5.43. The second-order valence-corrected chi connectivity index (χ2v) is 3.61. The summed E-state index contributed by atoms with van der Waals surface area (Å²) in [5.41, 5.74) is 1.02. The van der Waals surface area contributed by atoms with Gasteiger partial charge in [-0.25, -0.2) is 4.98 Å². The normalized spacial score (nSPS) is 22.5. The first-order valence-corrected chi connectivity index (χ1v) is 5.06. The van der Waals surface area contributed by atoms with Crippen LogP contribution in [0.1, 0.15) is 30.2 Å². The lowest BCUT2D eigenvalue weighted by Gasteiger charge is -2.20. The van der Waals surface area contributed by atoms with Gasteiger partial charge in [-0.1, -0.05) is 0 Å². The van der Waals surface area contributed by atoms with Crippen LogP contribution in [0.3, 0.4) is 0 Å². The number of nitrogens with one attached hydrogen (secondary N) is 1. The van der Waals surface area contributed by atoms with Crippen molar-refractivity contribution in [2.45, 2.75) is 25.3 Å². The first-order valence-electron chi connectivity index (χ1n) is 5.06. The number of rotatable bonds is 3. The summed E-state index contributed by atoms with van der Waals surface area (Å²) in [5.74, 6) is 1.40. The smallest absolute Gasteiger partial charge is 0.181 e. The third kappa shape index (κ3) is 1.96. The lowest BCUT2D eigenvalue weighted by molar-refractivity contribution is 0.0738. The largest absolute Gasteiger partial charge is 0.448 e. The van der Waals surface area contributed by atoms with Crippen LogP contribution in [0.15, 0.2) is 10.8 Å². The fraction of sp³-hybridized carbons (Fsp3) is 0.700. The monoisotopic (exact) mass is 196 g/mol. The predicted molar refractivity (Wildman–Crippen MR) is 52.1 cm³/mol. The molecule has 1 aliphatic heterocycles. The summed E-state index contributed by atoms with van der Waals surface area (Å²) >= 11 is 0. The molecule has 0 aromatic carbocycles. The molecule has 4 nitrogen and oxygen atoms in total. The summed E-state index contributed by atoms with van der Waals surface area (Å²) in [5, 5.41) is 3.09. The Morgan fingerprint density at radius 2 is 2.57 bits per heavy atom. The highest BCUT2D eigenvalue weighted by Gasteiger charge is 2.22. The molecule has 0 spiro atoms. The molecule has 0 radical (unpaired) electrons. The van der Waals surface area contributed by atoms with Crippen LogP contribution in [0.4, 0.5) is 0 Å². The summed E-state index contributed by atoms with van der Waals surface area (Å²) in [4.78, 5) is 4.20. The second-order valence-electron chi connectivity index (χ2n) is 3.61. The van der Waals surface area contributed by atoms with Crippen molar-refractivity contribution < 1.29 is 9.15 Å². The highest BCUT2D eigenvalue weighted by molar-refractivity contribution is 5.13. The molecule has 78 valence electrons. The van der Waals surface area contributed by atoms with Crippen molar-refractivity contribution in [2.75, 3.05) is 20.3 Å². The average molecular weight is 196 g/mol. The number of hydrogen-bond acceptors (Lipinski definition) is 4. The van der Waals surface area contributed by atoms with Gasteiger partial charge in [-0.2, -0.15) is 0 Å². The molecule has 1 fully saturated rings. The van der Waals surface area contributed by atoms with E-state index in [1.165, 1.54) is 6.39 Å². The lowest BCUT2D eigenvalue weighted by atomic mass is 9.98. The summed E-state index contributed by atoms with van der Waals surface area (Å²) < 4.78 is 10.9. The van der Waals surface area contributed by atoms with Gasteiger partial charge in [0.05, 0.1) is 12.3 Å². The fourth-order valence-electron chi connectivity index (χ4n) is 1.86. The number of hydrogen-bond donors (Lipinski definition) is 1. The number of oxazole rings is 1. The van der Waals surface area contributed by atoms with Crippen molar-refractivity contribution >= 4 is 0 Å². The zero-order valence-electron chi connectivity index (χ0n) is 8.45. The van der Waals surface area contributed by atoms with Gasteiger partial charge in [-0.05, 0) is 19.9 Å². The van der Waals surface area contributed by atoms with E-state index in [0.717, 1.165) is 44.1 Å². The predicted octanol–water partition coefficient (Wildman–Crippen LogP) is 1.29. The summed E-state index contributed by atoms with van der Waals surface area (Å²) in [6.45, 7) is 2.42. The third-order valence-corrected chi connectivity index (χ3v) is 2.55. The van der Waals surface area contributed by atoms with E-state index in [-0.39, 0.29) is 0 Å². The molecular formula is C10H16N2O2. The van der Waals surface area contributed by atoms with Gasteiger partial charge < -0.3 is 14.5 Å². The minimum absolute atomic E-state index is 0.398. The van der Waals surface area contributed by atoms with Crippen molar-refractivity contribution in [1.29, 1.82) is 0 Å². The summed E-state index contributed by atoms with van der Waals surface area (Å²) in [6, 6.07) is 0. The van der Waals surface area contributed by atoms with Crippen LogP contribution in [0, 0.1) is 0 Å². The Balaban J connectivity index is 2.09. The molecule has 1 atom stereocenters. The molecule has 0 amide bonds. The van der Waals surface area contributed by atoms with Crippen LogP contribution in [0.25, 0.3) is 0 Å². The van der Waals surface area contributed by atoms with Crippen LogP contribution in [0.2, 0.25) is 0 Å². The minimum Gasteiger partial charge on any atom is -0.448 e. The van der Waals surface area contributed by atoms with E-state index in [1.807, 2.05) is 7.05 Å². The molecule has 1 aromatic heterocycles. The van der Waals surface area contributed by atoms with Crippen molar-refractivity contribution in [3.63, 3.8) is 0 Å². The van der Waals surface area contributed by atoms with Gasteiger partial charge in [0.25, 0.3) is 0 Å². The molecule has 1 N–H and O–H groups in total. The molecule has 0 saturated carbocycles. The van der Waals surface area contributed by atoms with Gasteiger partial charge in [0, 0.05) is 19.1 Å².